The van der Waals surface area contributed by atoms with E-state index in [0.717, 1.165) is 4.88 Å². The van der Waals surface area contributed by atoms with Gasteiger partial charge in [0.25, 0.3) is 0 Å². The lowest BCUT2D eigenvalue weighted by molar-refractivity contribution is -0.518. The SMILES string of the molecule is OCCOCC(O)COCC(F)(F)OC(F)(F)OC(F)(F)COCCOCC(O)COCC(O)COCc1cccs1. The highest BCUT2D eigenvalue weighted by atomic mass is 32.1. The Morgan fingerprint density at radius 1 is 0.643 bits per heavy atom. The predicted molar refractivity (Wildman–Crippen MR) is 130 cm³/mol. The maximum absolute atomic E-state index is 13.6. The highest BCUT2D eigenvalue weighted by molar-refractivity contribution is 7.09. The summed E-state index contributed by atoms with van der Waals surface area (Å²) in [6.07, 6.45) is -18.5. The fourth-order valence-electron chi connectivity index (χ4n) is 2.73. The van der Waals surface area contributed by atoms with Gasteiger partial charge in [0.15, 0.2) is 0 Å². The molecule has 3 atom stereocenters. The number of aliphatic hydroxyl groups is 4. The maximum Gasteiger partial charge on any atom is 0.495 e. The molecule has 42 heavy (non-hydrogen) atoms. The fourth-order valence-corrected chi connectivity index (χ4v) is 3.37. The first-order chi connectivity index (χ1) is 19.7. The Bertz CT molecular complexity index is 796. The first-order valence-electron chi connectivity index (χ1n) is 12.4. The Morgan fingerprint density at radius 2 is 1.12 bits per heavy atom. The van der Waals surface area contributed by atoms with Gasteiger partial charge in [0, 0.05) is 4.88 Å². The zero-order valence-corrected chi connectivity index (χ0v) is 23.2. The number of halogens is 6. The first-order valence-corrected chi connectivity index (χ1v) is 13.3. The minimum absolute atomic E-state index is 0.0135. The fraction of sp³-hybridized carbons (Fsp3) is 0.826. The number of rotatable bonds is 27. The number of ether oxygens (including phenoxy) is 8. The van der Waals surface area contributed by atoms with E-state index in [-0.39, 0.29) is 46.2 Å². The lowest BCUT2D eigenvalue weighted by Crippen LogP contribution is -2.44. The highest BCUT2D eigenvalue weighted by Crippen LogP contribution is 2.33. The summed E-state index contributed by atoms with van der Waals surface area (Å²) < 4.78 is 116. The number of alkyl halides is 6. The van der Waals surface area contributed by atoms with Crippen molar-refractivity contribution in [3.63, 3.8) is 0 Å². The Hall–Kier alpha value is -1.20. The van der Waals surface area contributed by atoms with Crippen molar-refractivity contribution in [3.05, 3.63) is 22.4 Å². The Balaban J connectivity index is 2.14. The topological polar surface area (TPSA) is 155 Å². The van der Waals surface area contributed by atoms with Crippen LogP contribution < -0.4 is 0 Å². The van der Waals surface area contributed by atoms with Crippen LogP contribution in [-0.4, -0.2) is 137 Å². The standard InChI is InChI=1S/C23H36F6O12S/c24-21(25,40-23(28,29)41-22(26,27)16-39-13-18(32)8-34-4-3-30)15-36-6-5-35-9-17(31)10-37-11-19(33)12-38-14-20-2-1-7-42-20/h1-2,7,17-19,30-33H,3-6,8-16H2. The summed E-state index contributed by atoms with van der Waals surface area (Å²) >= 11 is 1.50. The van der Waals surface area contributed by atoms with Gasteiger partial charge in [-0.1, -0.05) is 6.07 Å². The highest BCUT2D eigenvalue weighted by Gasteiger charge is 2.52. The van der Waals surface area contributed by atoms with Gasteiger partial charge in [0.2, 0.25) is 0 Å². The molecule has 19 heteroatoms. The molecule has 3 unspecified atom stereocenters. The van der Waals surface area contributed by atoms with E-state index in [1.165, 1.54) is 11.3 Å². The monoisotopic (exact) mass is 650 g/mol. The summed E-state index contributed by atoms with van der Waals surface area (Å²) in [5.74, 6) is 0. The second kappa shape index (κ2) is 20.7. The van der Waals surface area contributed by atoms with Crippen molar-refractivity contribution in [1.82, 2.24) is 0 Å². The van der Waals surface area contributed by atoms with E-state index in [1.807, 2.05) is 17.5 Å². The van der Waals surface area contributed by atoms with Crippen LogP contribution in [-0.2, 0) is 44.5 Å². The summed E-state index contributed by atoms with van der Waals surface area (Å²) in [7, 11) is 0. The Kier molecular flexibility index (Phi) is 19.1. The third-order valence-electron chi connectivity index (χ3n) is 4.37. The lowest BCUT2D eigenvalue weighted by atomic mass is 10.4. The van der Waals surface area contributed by atoms with Gasteiger partial charge in [-0.3, -0.25) is 0 Å². The largest absolute Gasteiger partial charge is 0.495 e. The minimum Gasteiger partial charge on any atom is -0.394 e. The van der Waals surface area contributed by atoms with Crippen LogP contribution in [0.4, 0.5) is 26.3 Å². The Labute approximate surface area is 241 Å². The van der Waals surface area contributed by atoms with Gasteiger partial charge in [-0.2, -0.15) is 17.6 Å². The van der Waals surface area contributed by atoms with Crippen molar-refractivity contribution in [3.8, 4) is 0 Å². The van der Waals surface area contributed by atoms with Crippen molar-refractivity contribution in [1.29, 1.82) is 0 Å². The Morgan fingerprint density at radius 3 is 1.67 bits per heavy atom. The maximum atomic E-state index is 13.6. The quantitative estimate of drug-likeness (QED) is 0.0615. The van der Waals surface area contributed by atoms with Crippen molar-refractivity contribution in [2.24, 2.45) is 0 Å². The van der Waals surface area contributed by atoms with Gasteiger partial charge < -0.3 is 48.8 Å². The van der Waals surface area contributed by atoms with Crippen LogP contribution in [0.1, 0.15) is 4.88 Å². The average molecular weight is 651 g/mol. The molecule has 4 N–H and O–H groups in total. The number of thiophene rings is 1. The molecule has 1 aromatic heterocycles. The number of aliphatic hydroxyl groups excluding tert-OH is 4. The van der Waals surface area contributed by atoms with Gasteiger partial charge in [-0.15, -0.1) is 20.1 Å². The summed E-state index contributed by atoms with van der Waals surface area (Å²) in [5, 5.41) is 39.3. The second-order valence-electron chi connectivity index (χ2n) is 8.48. The van der Waals surface area contributed by atoms with E-state index in [1.54, 1.807) is 0 Å². The molecule has 0 aliphatic heterocycles. The number of hydrogen-bond acceptors (Lipinski definition) is 13. The van der Waals surface area contributed by atoms with Crippen molar-refractivity contribution < 1.29 is 84.7 Å². The van der Waals surface area contributed by atoms with Crippen LogP contribution in [0.15, 0.2) is 17.5 Å². The second-order valence-corrected chi connectivity index (χ2v) is 9.51. The van der Waals surface area contributed by atoms with E-state index in [2.05, 4.69) is 18.9 Å². The molecule has 1 heterocycles. The van der Waals surface area contributed by atoms with Crippen LogP contribution in [0, 0.1) is 0 Å². The molecular weight excluding hydrogens is 614 g/mol. The third-order valence-corrected chi connectivity index (χ3v) is 5.22. The molecule has 0 aliphatic rings. The smallest absolute Gasteiger partial charge is 0.394 e. The van der Waals surface area contributed by atoms with E-state index >= 15 is 0 Å². The van der Waals surface area contributed by atoms with Gasteiger partial charge >= 0.3 is 18.5 Å². The molecular formula is C23H36F6O12S. The van der Waals surface area contributed by atoms with E-state index in [0.29, 0.717) is 6.61 Å². The summed E-state index contributed by atoms with van der Waals surface area (Å²) in [6, 6.07) is 3.74. The van der Waals surface area contributed by atoms with Crippen molar-refractivity contribution in [2.75, 3.05) is 79.3 Å². The zero-order chi connectivity index (χ0) is 31.5. The van der Waals surface area contributed by atoms with Crippen LogP contribution >= 0.6 is 11.3 Å². The van der Waals surface area contributed by atoms with Gasteiger partial charge in [0.05, 0.1) is 72.7 Å². The number of hydrogen-bond donors (Lipinski definition) is 4. The molecule has 0 spiro atoms. The molecule has 12 nitrogen and oxygen atoms in total. The molecule has 0 amide bonds. The van der Waals surface area contributed by atoms with Crippen LogP contribution in [0.25, 0.3) is 0 Å². The van der Waals surface area contributed by atoms with E-state index < -0.39 is 69.9 Å². The molecule has 0 radical (unpaired) electrons. The zero-order valence-electron chi connectivity index (χ0n) is 22.4. The van der Waals surface area contributed by atoms with Crippen LogP contribution in [0.3, 0.4) is 0 Å². The van der Waals surface area contributed by atoms with Gasteiger partial charge in [-0.05, 0) is 11.4 Å². The normalized spacial score (nSPS) is 15.2. The van der Waals surface area contributed by atoms with Crippen LogP contribution in [0.2, 0.25) is 0 Å². The molecule has 0 saturated heterocycles. The van der Waals surface area contributed by atoms with E-state index in [4.69, 9.17) is 24.1 Å². The summed E-state index contributed by atoms with van der Waals surface area (Å²) in [5.41, 5.74) is 0. The molecule has 1 rings (SSSR count). The van der Waals surface area contributed by atoms with Gasteiger partial charge in [0.1, 0.15) is 31.5 Å². The van der Waals surface area contributed by atoms with Crippen molar-refractivity contribution >= 4 is 11.3 Å². The molecule has 0 fully saturated rings. The average Bonchev–Trinajstić information content (AvgIpc) is 3.38. The molecule has 1 aromatic rings. The van der Waals surface area contributed by atoms with Crippen molar-refractivity contribution in [2.45, 2.75) is 43.4 Å². The predicted octanol–water partition coefficient (Wildman–Crippen LogP) is 1.19. The molecule has 248 valence electrons. The first kappa shape index (κ1) is 38.8. The molecule has 0 saturated carbocycles. The molecule has 0 aromatic carbocycles. The minimum atomic E-state index is -5.45. The van der Waals surface area contributed by atoms with E-state index in [9.17, 15) is 41.7 Å². The van der Waals surface area contributed by atoms with Crippen LogP contribution in [0.5, 0.6) is 0 Å². The summed E-state index contributed by atoms with van der Waals surface area (Å²) in [4.78, 5) is 0.988. The third kappa shape index (κ3) is 20.7. The molecule has 0 aliphatic carbocycles. The molecule has 0 bridgehead atoms. The summed E-state index contributed by atoms with van der Waals surface area (Å²) in [6.45, 7) is -6.53. The lowest BCUT2D eigenvalue weighted by Gasteiger charge is -2.26. The van der Waals surface area contributed by atoms with Gasteiger partial charge in [-0.25, -0.2) is 9.47 Å².